The summed E-state index contributed by atoms with van der Waals surface area (Å²) in [6.45, 7) is 3.14. The van der Waals surface area contributed by atoms with Gasteiger partial charge in [0.1, 0.15) is 11.9 Å². The van der Waals surface area contributed by atoms with Crippen molar-refractivity contribution in [3.05, 3.63) is 59.5 Å². The fourth-order valence-electron chi connectivity index (χ4n) is 2.82. The average molecular weight is 325 g/mol. The van der Waals surface area contributed by atoms with Gasteiger partial charge in [-0.1, -0.05) is 0 Å². The molecule has 0 radical (unpaired) electrons. The van der Waals surface area contributed by atoms with E-state index in [4.69, 9.17) is 9.68 Å². The van der Waals surface area contributed by atoms with E-state index in [-0.39, 0.29) is 5.91 Å². The van der Waals surface area contributed by atoms with Crippen molar-refractivity contribution in [1.29, 1.82) is 5.26 Å². The van der Waals surface area contributed by atoms with Gasteiger partial charge in [-0.3, -0.25) is 9.69 Å². The minimum Gasteiger partial charge on any atom is -0.467 e. The summed E-state index contributed by atoms with van der Waals surface area (Å²) in [6.07, 6.45) is 0.896. The molecule has 1 fully saturated rings. The number of hydrogen-bond acceptors (Lipinski definition) is 5. The van der Waals surface area contributed by atoms with Gasteiger partial charge in [0.15, 0.2) is 0 Å². The standard InChI is InChI=1S/C18H19N3O3/c19-12-14-3-5-15(6-4-14)18(23)21-9-7-20(8-10-21)13-16(22)17-2-1-11-24-17/h1-6,11,16,22H,7-10,13H2/t16-/m1/s1. The lowest BCUT2D eigenvalue weighted by molar-refractivity contribution is 0.0486. The topological polar surface area (TPSA) is 80.7 Å². The van der Waals surface area contributed by atoms with Crippen LogP contribution in [-0.4, -0.2) is 53.5 Å². The van der Waals surface area contributed by atoms with Gasteiger partial charge in [-0.15, -0.1) is 0 Å². The number of aliphatic hydroxyl groups is 1. The van der Waals surface area contributed by atoms with Crippen LogP contribution in [0.1, 0.15) is 27.8 Å². The number of β-amino-alcohol motifs (C(OH)–C–C–N with tert-alkyl or cyclic N) is 1. The quantitative estimate of drug-likeness (QED) is 0.924. The number of nitrogens with zero attached hydrogens (tertiary/aromatic N) is 3. The van der Waals surface area contributed by atoms with Gasteiger partial charge in [-0.05, 0) is 36.4 Å². The summed E-state index contributed by atoms with van der Waals surface area (Å²) in [6, 6.07) is 12.2. The van der Waals surface area contributed by atoms with Crippen molar-refractivity contribution in [1.82, 2.24) is 9.80 Å². The molecule has 0 unspecified atom stereocenters. The number of piperazine rings is 1. The van der Waals surface area contributed by atoms with Crippen LogP contribution in [0.3, 0.4) is 0 Å². The minimum atomic E-state index is -0.652. The van der Waals surface area contributed by atoms with E-state index in [1.54, 1.807) is 47.6 Å². The lowest BCUT2D eigenvalue weighted by atomic mass is 10.1. The molecule has 124 valence electrons. The molecule has 1 aromatic heterocycles. The van der Waals surface area contributed by atoms with E-state index < -0.39 is 6.10 Å². The van der Waals surface area contributed by atoms with Crippen LogP contribution in [0.15, 0.2) is 47.1 Å². The molecular weight excluding hydrogens is 306 g/mol. The van der Waals surface area contributed by atoms with Gasteiger partial charge in [-0.2, -0.15) is 5.26 Å². The Kier molecular flexibility index (Phi) is 4.94. The summed E-state index contributed by atoms with van der Waals surface area (Å²) in [7, 11) is 0. The molecular formula is C18H19N3O3. The lowest BCUT2D eigenvalue weighted by Gasteiger charge is -2.35. The zero-order valence-electron chi connectivity index (χ0n) is 13.3. The molecule has 3 rings (SSSR count). The first kappa shape index (κ1) is 16.2. The van der Waals surface area contributed by atoms with Crippen molar-refractivity contribution in [3.63, 3.8) is 0 Å². The Balaban J connectivity index is 1.52. The van der Waals surface area contributed by atoms with Gasteiger partial charge in [0.25, 0.3) is 5.91 Å². The van der Waals surface area contributed by atoms with Crippen molar-refractivity contribution in [3.8, 4) is 6.07 Å². The normalized spacial score (nSPS) is 16.6. The predicted octanol–water partition coefficient (Wildman–Crippen LogP) is 1.64. The molecule has 0 aliphatic carbocycles. The second-order valence-corrected chi connectivity index (χ2v) is 5.81. The van der Waals surface area contributed by atoms with E-state index in [0.29, 0.717) is 49.6 Å². The third kappa shape index (κ3) is 3.65. The van der Waals surface area contributed by atoms with Crippen LogP contribution in [0.25, 0.3) is 0 Å². The van der Waals surface area contributed by atoms with Crippen LogP contribution in [0.2, 0.25) is 0 Å². The van der Waals surface area contributed by atoms with Crippen molar-refractivity contribution in [2.24, 2.45) is 0 Å². The Morgan fingerprint density at radius 2 is 1.92 bits per heavy atom. The summed E-state index contributed by atoms with van der Waals surface area (Å²) >= 11 is 0. The van der Waals surface area contributed by atoms with Gasteiger partial charge in [0.2, 0.25) is 0 Å². The minimum absolute atomic E-state index is 0.0225. The van der Waals surface area contributed by atoms with E-state index in [2.05, 4.69) is 4.90 Å². The predicted molar refractivity (Wildman–Crippen MR) is 87.2 cm³/mol. The molecule has 1 amide bonds. The SMILES string of the molecule is N#Cc1ccc(C(=O)N2CCN(C[C@@H](O)c3ccco3)CC2)cc1. The number of amides is 1. The van der Waals surface area contributed by atoms with E-state index >= 15 is 0 Å². The smallest absolute Gasteiger partial charge is 0.253 e. The maximum absolute atomic E-state index is 12.5. The third-order valence-corrected chi connectivity index (χ3v) is 4.22. The molecule has 1 N–H and O–H groups in total. The molecule has 6 nitrogen and oxygen atoms in total. The van der Waals surface area contributed by atoms with E-state index in [0.717, 1.165) is 0 Å². The molecule has 1 atom stereocenters. The second-order valence-electron chi connectivity index (χ2n) is 5.81. The fourth-order valence-corrected chi connectivity index (χ4v) is 2.82. The first-order valence-corrected chi connectivity index (χ1v) is 7.90. The van der Waals surface area contributed by atoms with Crippen LogP contribution >= 0.6 is 0 Å². The highest BCUT2D eigenvalue weighted by Gasteiger charge is 2.24. The molecule has 1 aliphatic rings. The highest BCUT2D eigenvalue weighted by molar-refractivity contribution is 5.94. The summed E-state index contributed by atoms with van der Waals surface area (Å²) in [5.74, 6) is 0.539. The first-order chi connectivity index (χ1) is 11.7. The maximum Gasteiger partial charge on any atom is 0.253 e. The van der Waals surface area contributed by atoms with Crippen LogP contribution in [0.4, 0.5) is 0 Å². The highest BCUT2D eigenvalue weighted by Crippen LogP contribution is 2.16. The number of furan rings is 1. The molecule has 1 aliphatic heterocycles. The zero-order valence-corrected chi connectivity index (χ0v) is 13.3. The third-order valence-electron chi connectivity index (χ3n) is 4.22. The molecule has 6 heteroatoms. The molecule has 2 aromatic rings. The highest BCUT2D eigenvalue weighted by atomic mass is 16.4. The summed E-state index contributed by atoms with van der Waals surface area (Å²) in [5.41, 5.74) is 1.14. The molecule has 0 bridgehead atoms. The van der Waals surface area contributed by atoms with Crippen molar-refractivity contribution >= 4 is 5.91 Å². The summed E-state index contributed by atoms with van der Waals surface area (Å²) < 4.78 is 5.21. The first-order valence-electron chi connectivity index (χ1n) is 7.90. The van der Waals surface area contributed by atoms with Gasteiger partial charge in [0.05, 0.1) is 17.9 Å². The Labute approximate surface area is 140 Å². The number of rotatable bonds is 4. The molecule has 2 heterocycles. The Hall–Kier alpha value is -2.62. The Morgan fingerprint density at radius 3 is 2.50 bits per heavy atom. The second kappa shape index (κ2) is 7.30. The number of benzene rings is 1. The van der Waals surface area contributed by atoms with Crippen LogP contribution in [0, 0.1) is 11.3 Å². The molecule has 1 aromatic carbocycles. The van der Waals surface area contributed by atoms with Gasteiger partial charge >= 0.3 is 0 Å². The Morgan fingerprint density at radius 1 is 1.21 bits per heavy atom. The monoisotopic (exact) mass is 325 g/mol. The summed E-state index contributed by atoms with van der Waals surface area (Å²) in [5, 5.41) is 18.9. The van der Waals surface area contributed by atoms with Gasteiger partial charge < -0.3 is 14.4 Å². The van der Waals surface area contributed by atoms with Crippen LogP contribution in [-0.2, 0) is 0 Å². The maximum atomic E-state index is 12.5. The number of carbonyl (C=O) groups is 1. The molecule has 24 heavy (non-hydrogen) atoms. The van der Waals surface area contributed by atoms with Gasteiger partial charge in [-0.25, -0.2) is 0 Å². The molecule has 1 saturated heterocycles. The van der Waals surface area contributed by atoms with Crippen molar-refractivity contribution in [2.45, 2.75) is 6.10 Å². The van der Waals surface area contributed by atoms with Crippen molar-refractivity contribution in [2.75, 3.05) is 32.7 Å². The van der Waals surface area contributed by atoms with Crippen LogP contribution in [0.5, 0.6) is 0 Å². The van der Waals surface area contributed by atoms with Crippen molar-refractivity contribution < 1.29 is 14.3 Å². The zero-order chi connectivity index (χ0) is 16.9. The Bertz CT molecular complexity index is 711. The number of nitriles is 1. The number of carbonyl (C=O) groups excluding carboxylic acids is 1. The summed E-state index contributed by atoms with van der Waals surface area (Å²) in [4.78, 5) is 16.4. The lowest BCUT2D eigenvalue weighted by Crippen LogP contribution is -2.49. The average Bonchev–Trinajstić information content (AvgIpc) is 3.17. The molecule has 0 saturated carbocycles. The number of hydrogen-bond donors (Lipinski definition) is 1. The van der Waals surface area contributed by atoms with E-state index in [1.807, 2.05) is 6.07 Å². The number of aliphatic hydroxyl groups excluding tert-OH is 1. The molecule has 0 spiro atoms. The van der Waals surface area contributed by atoms with Crippen LogP contribution < -0.4 is 0 Å². The van der Waals surface area contributed by atoms with Gasteiger partial charge in [0, 0.05) is 38.3 Å². The fraction of sp³-hybridized carbons (Fsp3) is 0.333. The van der Waals surface area contributed by atoms with E-state index in [9.17, 15) is 9.90 Å². The largest absolute Gasteiger partial charge is 0.467 e. The van der Waals surface area contributed by atoms with E-state index in [1.165, 1.54) is 0 Å².